The molecule has 1 aromatic rings. The van der Waals surface area contributed by atoms with Gasteiger partial charge in [-0.1, -0.05) is 27.7 Å². The lowest BCUT2D eigenvalue weighted by molar-refractivity contribution is -0.139. The zero-order chi connectivity index (χ0) is 13.0. The fraction of sp³-hybridized carbons (Fsp3) is 0.750. The Kier molecular flexibility index (Phi) is 2.52. The van der Waals surface area contributed by atoms with Gasteiger partial charge in [-0.3, -0.25) is 9.48 Å². The Morgan fingerprint density at radius 1 is 1.47 bits per heavy atom. The number of aromatic nitrogens is 3. The summed E-state index contributed by atoms with van der Waals surface area (Å²) in [5.41, 5.74) is -0.221. The predicted octanol–water partition coefficient (Wildman–Crippen LogP) is 1.76. The van der Waals surface area contributed by atoms with Gasteiger partial charge in [-0.15, -0.1) is 0 Å². The van der Waals surface area contributed by atoms with Gasteiger partial charge in [0, 0.05) is 18.9 Å². The Hall–Kier alpha value is -1.39. The third-order valence-corrected chi connectivity index (χ3v) is 3.70. The van der Waals surface area contributed by atoms with E-state index in [4.69, 9.17) is 0 Å². The van der Waals surface area contributed by atoms with Gasteiger partial charge in [-0.25, -0.2) is 4.98 Å². The van der Waals surface area contributed by atoms with E-state index in [9.17, 15) is 9.90 Å². The van der Waals surface area contributed by atoms with E-state index >= 15 is 0 Å². The van der Waals surface area contributed by atoms with E-state index < -0.39 is 5.97 Å². The van der Waals surface area contributed by atoms with Crippen LogP contribution in [0.25, 0.3) is 0 Å². The van der Waals surface area contributed by atoms with Crippen molar-refractivity contribution in [2.24, 2.45) is 18.4 Å². The Bertz CT molecular complexity index is 462. The molecule has 1 N–H and O–H groups in total. The number of aliphatic carboxylic acids is 1. The van der Waals surface area contributed by atoms with Crippen molar-refractivity contribution in [3.8, 4) is 0 Å². The molecule has 5 heteroatoms. The van der Waals surface area contributed by atoms with Crippen molar-refractivity contribution in [1.29, 1.82) is 0 Å². The van der Waals surface area contributed by atoms with Crippen molar-refractivity contribution in [2.45, 2.75) is 39.5 Å². The molecule has 0 spiro atoms. The summed E-state index contributed by atoms with van der Waals surface area (Å²) in [6, 6.07) is 0. The molecule has 0 bridgehead atoms. The molecule has 0 amide bonds. The van der Waals surface area contributed by atoms with Crippen LogP contribution < -0.4 is 0 Å². The molecular formula is C12H19N3O2. The van der Waals surface area contributed by atoms with Crippen LogP contribution in [-0.4, -0.2) is 25.8 Å². The number of carboxylic acids is 1. The molecule has 2 rings (SSSR count). The van der Waals surface area contributed by atoms with Crippen LogP contribution in [0.4, 0.5) is 0 Å². The van der Waals surface area contributed by atoms with Gasteiger partial charge in [0.1, 0.15) is 5.82 Å². The summed E-state index contributed by atoms with van der Waals surface area (Å²) in [5, 5.41) is 13.5. The van der Waals surface area contributed by atoms with Crippen molar-refractivity contribution in [2.75, 3.05) is 0 Å². The molecule has 1 saturated carbocycles. The first-order chi connectivity index (χ1) is 7.76. The molecule has 0 aliphatic heterocycles. The number of aryl methyl sites for hydroxylation is 1. The van der Waals surface area contributed by atoms with Crippen LogP contribution in [0.1, 0.15) is 51.2 Å². The van der Waals surface area contributed by atoms with Gasteiger partial charge in [0.05, 0.1) is 5.92 Å². The van der Waals surface area contributed by atoms with Crippen LogP contribution in [0, 0.1) is 11.3 Å². The van der Waals surface area contributed by atoms with E-state index in [1.165, 1.54) is 0 Å². The predicted molar refractivity (Wildman–Crippen MR) is 62.7 cm³/mol. The van der Waals surface area contributed by atoms with Crippen LogP contribution in [0.3, 0.4) is 0 Å². The minimum Gasteiger partial charge on any atom is -0.481 e. The standard InChI is InChI=1S/C12H19N3O2/c1-6(2)9-13-10(15(5)14-9)7-8(11(16)17)12(7,3)4/h6-8H,1-5H3,(H,16,17). The molecule has 1 aliphatic carbocycles. The van der Waals surface area contributed by atoms with Crippen molar-refractivity contribution in [3.05, 3.63) is 11.6 Å². The number of carboxylic acid groups (broad SMARTS) is 1. The van der Waals surface area contributed by atoms with Crippen molar-refractivity contribution >= 4 is 5.97 Å². The van der Waals surface area contributed by atoms with E-state index in [2.05, 4.69) is 10.1 Å². The van der Waals surface area contributed by atoms with Crippen molar-refractivity contribution in [1.82, 2.24) is 14.8 Å². The summed E-state index contributed by atoms with van der Waals surface area (Å²) in [6.45, 7) is 8.01. The maximum atomic E-state index is 11.2. The molecule has 2 atom stereocenters. The van der Waals surface area contributed by atoms with Gasteiger partial charge in [0.2, 0.25) is 0 Å². The summed E-state index contributed by atoms with van der Waals surface area (Å²) < 4.78 is 1.73. The highest BCUT2D eigenvalue weighted by molar-refractivity contribution is 5.77. The summed E-state index contributed by atoms with van der Waals surface area (Å²) in [6.07, 6.45) is 0. The van der Waals surface area contributed by atoms with Gasteiger partial charge in [-0.05, 0) is 5.41 Å². The first kappa shape index (κ1) is 12.1. The molecule has 0 radical (unpaired) electrons. The Balaban J connectivity index is 2.34. The molecule has 2 unspecified atom stereocenters. The van der Waals surface area contributed by atoms with Gasteiger partial charge in [-0.2, -0.15) is 5.10 Å². The summed E-state index contributed by atoms with van der Waals surface area (Å²) in [5.74, 6) is 0.741. The van der Waals surface area contributed by atoms with Gasteiger partial charge in [0.15, 0.2) is 5.82 Å². The first-order valence-electron chi connectivity index (χ1n) is 5.90. The van der Waals surface area contributed by atoms with E-state index in [-0.39, 0.29) is 23.2 Å². The van der Waals surface area contributed by atoms with Gasteiger partial charge >= 0.3 is 5.97 Å². The first-order valence-corrected chi connectivity index (χ1v) is 5.90. The Morgan fingerprint density at radius 2 is 2.06 bits per heavy atom. The summed E-state index contributed by atoms with van der Waals surface area (Å²) >= 11 is 0. The second kappa shape index (κ2) is 3.55. The van der Waals surface area contributed by atoms with Crippen LogP contribution in [0.5, 0.6) is 0 Å². The van der Waals surface area contributed by atoms with Crippen LogP contribution in [-0.2, 0) is 11.8 Å². The monoisotopic (exact) mass is 237 g/mol. The largest absolute Gasteiger partial charge is 0.481 e. The average Bonchev–Trinajstić information content (AvgIpc) is 2.56. The van der Waals surface area contributed by atoms with Crippen LogP contribution in [0.2, 0.25) is 0 Å². The van der Waals surface area contributed by atoms with E-state index in [1.807, 2.05) is 34.7 Å². The van der Waals surface area contributed by atoms with E-state index in [0.717, 1.165) is 11.6 Å². The van der Waals surface area contributed by atoms with Gasteiger partial charge in [0.25, 0.3) is 0 Å². The minimum atomic E-state index is -0.742. The van der Waals surface area contributed by atoms with Crippen molar-refractivity contribution in [3.63, 3.8) is 0 Å². The number of hydrogen-bond donors (Lipinski definition) is 1. The number of hydrogen-bond acceptors (Lipinski definition) is 3. The second-order valence-corrected chi connectivity index (χ2v) is 5.72. The summed E-state index contributed by atoms with van der Waals surface area (Å²) in [7, 11) is 1.83. The second-order valence-electron chi connectivity index (χ2n) is 5.72. The quantitative estimate of drug-likeness (QED) is 0.869. The van der Waals surface area contributed by atoms with E-state index in [1.54, 1.807) is 4.68 Å². The lowest BCUT2D eigenvalue weighted by atomic mass is 10.1. The fourth-order valence-corrected chi connectivity index (χ4v) is 2.51. The zero-order valence-corrected chi connectivity index (χ0v) is 10.9. The molecule has 0 aromatic carbocycles. The maximum Gasteiger partial charge on any atom is 0.307 e. The fourth-order valence-electron chi connectivity index (χ4n) is 2.51. The van der Waals surface area contributed by atoms with E-state index in [0.29, 0.717) is 0 Å². The van der Waals surface area contributed by atoms with Crippen LogP contribution in [0.15, 0.2) is 0 Å². The molecule has 0 saturated heterocycles. The molecular weight excluding hydrogens is 218 g/mol. The molecule has 1 heterocycles. The SMILES string of the molecule is CC(C)c1nc(C2C(C(=O)O)C2(C)C)n(C)n1. The number of nitrogens with zero attached hydrogens (tertiary/aromatic N) is 3. The lowest BCUT2D eigenvalue weighted by Gasteiger charge is -2.00. The normalized spacial score (nSPS) is 26.2. The number of rotatable bonds is 3. The van der Waals surface area contributed by atoms with Crippen LogP contribution >= 0.6 is 0 Å². The molecule has 5 nitrogen and oxygen atoms in total. The lowest BCUT2D eigenvalue weighted by Crippen LogP contribution is -2.04. The molecule has 1 aliphatic rings. The maximum absolute atomic E-state index is 11.2. The Labute approximate surface area is 101 Å². The smallest absolute Gasteiger partial charge is 0.307 e. The highest BCUT2D eigenvalue weighted by Gasteiger charge is 2.64. The van der Waals surface area contributed by atoms with Gasteiger partial charge < -0.3 is 5.11 Å². The van der Waals surface area contributed by atoms with Crippen molar-refractivity contribution < 1.29 is 9.90 Å². The topological polar surface area (TPSA) is 68.0 Å². The number of carbonyl (C=O) groups is 1. The highest BCUT2D eigenvalue weighted by atomic mass is 16.4. The Morgan fingerprint density at radius 3 is 2.41 bits per heavy atom. The zero-order valence-electron chi connectivity index (χ0n) is 10.9. The average molecular weight is 237 g/mol. The third kappa shape index (κ3) is 1.73. The molecule has 1 aromatic heterocycles. The third-order valence-electron chi connectivity index (χ3n) is 3.70. The minimum absolute atomic E-state index is 0.0231. The highest BCUT2D eigenvalue weighted by Crippen LogP contribution is 2.63. The molecule has 94 valence electrons. The summed E-state index contributed by atoms with van der Waals surface area (Å²) in [4.78, 5) is 15.6. The molecule has 17 heavy (non-hydrogen) atoms. The molecule has 1 fully saturated rings.